The number of carbonyl (C=O) groups excluding carboxylic acids is 1. The van der Waals surface area contributed by atoms with Crippen molar-refractivity contribution in [1.82, 2.24) is 9.55 Å². The van der Waals surface area contributed by atoms with Crippen LogP contribution in [0.15, 0.2) is 36.8 Å². The molecule has 0 unspecified atom stereocenters. The van der Waals surface area contributed by atoms with Crippen LogP contribution in [0.4, 0.5) is 5.69 Å². The third kappa shape index (κ3) is 3.05. The molecule has 20 heavy (non-hydrogen) atoms. The number of anilines is 1. The highest BCUT2D eigenvalue weighted by Gasteiger charge is 2.18. The third-order valence-corrected chi connectivity index (χ3v) is 3.37. The molecule has 0 fully saturated rings. The molecule has 5 nitrogen and oxygen atoms in total. The number of nitrogens with two attached hydrogens (primary N) is 1. The molecule has 3 N–H and O–H groups in total. The summed E-state index contributed by atoms with van der Waals surface area (Å²) in [5, 5.41) is 2.82. The fourth-order valence-electron chi connectivity index (χ4n) is 1.85. The molecule has 5 heteroatoms. The molecule has 0 aliphatic rings. The van der Waals surface area contributed by atoms with Gasteiger partial charge in [0.15, 0.2) is 0 Å². The Kier molecular flexibility index (Phi) is 3.90. The van der Waals surface area contributed by atoms with Gasteiger partial charge >= 0.3 is 0 Å². The van der Waals surface area contributed by atoms with Crippen LogP contribution in [0.25, 0.3) is 0 Å². The Morgan fingerprint density at radius 1 is 1.35 bits per heavy atom. The molecule has 1 aromatic heterocycles. The van der Waals surface area contributed by atoms with Gasteiger partial charge in [0.05, 0.1) is 6.33 Å². The van der Waals surface area contributed by atoms with Crippen molar-refractivity contribution in [3.8, 4) is 0 Å². The molecule has 1 aromatic carbocycles. The van der Waals surface area contributed by atoms with Crippen LogP contribution in [0.1, 0.15) is 29.9 Å². The Morgan fingerprint density at radius 3 is 2.50 bits per heavy atom. The number of nitrogens with zero attached hydrogens (tertiary/aromatic N) is 2. The summed E-state index contributed by atoms with van der Waals surface area (Å²) in [6.45, 7) is 4.76. The number of rotatable bonds is 4. The van der Waals surface area contributed by atoms with Crippen molar-refractivity contribution in [3.05, 3.63) is 48.0 Å². The van der Waals surface area contributed by atoms with Crippen LogP contribution in [0.3, 0.4) is 0 Å². The minimum absolute atomic E-state index is 0.0659. The molecule has 1 heterocycles. The molecule has 0 bridgehead atoms. The van der Waals surface area contributed by atoms with Gasteiger partial charge in [-0.05, 0) is 17.7 Å². The van der Waals surface area contributed by atoms with Crippen molar-refractivity contribution in [3.63, 3.8) is 0 Å². The summed E-state index contributed by atoms with van der Waals surface area (Å²) in [7, 11) is 1.83. The molecule has 2 rings (SSSR count). The van der Waals surface area contributed by atoms with Crippen LogP contribution < -0.4 is 11.1 Å². The van der Waals surface area contributed by atoms with E-state index in [0.29, 0.717) is 12.2 Å². The van der Waals surface area contributed by atoms with Crippen LogP contribution in [0, 0.1) is 0 Å². The van der Waals surface area contributed by atoms with Gasteiger partial charge in [-0.3, -0.25) is 4.79 Å². The van der Waals surface area contributed by atoms with Gasteiger partial charge in [0.2, 0.25) is 0 Å². The topological polar surface area (TPSA) is 72.9 Å². The molecule has 0 atom stereocenters. The van der Waals surface area contributed by atoms with Crippen LogP contribution in [0.5, 0.6) is 0 Å². The van der Waals surface area contributed by atoms with Gasteiger partial charge < -0.3 is 15.6 Å². The number of imidazole rings is 1. The first-order valence-electron chi connectivity index (χ1n) is 6.52. The Bertz CT molecular complexity index is 599. The van der Waals surface area contributed by atoms with Crippen LogP contribution >= 0.6 is 0 Å². The van der Waals surface area contributed by atoms with Crippen molar-refractivity contribution in [2.24, 2.45) is 12.8 Å². The van der Waals surface area contributed by atoms with E-state index in [1.54, 1.807) is 17.1 Å². The monoisotopic (exact) mass is 272 g/mol. The summed E-state index contributed by atoms with van der Waals surface area (Å²) in [6.07, 6.45) is 3.28. The van der Waals surface area contributed by atoms with Crippen LogP contribution in [0.2, 0.25) is 0 Å². The van der Waals surface area contributed by atoms with Gasteiger partial charge in [0, 0.05) is 30.9 Å². The summed E-state index contributed by atoms with van der Waals surface area (Å²) in [5.74, 6) is -0.212. The fraction of sp³-hybridized carbons (Fsp3) is 0.333. The van der Waals surface area contributed by atoms with Gasteiger partial charge in [0.25, 0.3) is 5.91 Å². The SMILES string of the molecule is Cn1cnc(C(=O)Nc2ccc(C(C)(C)CN)cc2)c1. The van der Waals surface area contributed by atoms with E-state index in [-0.39, 0.29) is 11.3 Å². The van der Waals surface area contributed by atoms with Crippen molar-refractivity contribution in [2.75, 3.05) is 11.9 Å². The van der Waals surface area contributed by atoms with E-state index in [1.807, 2.05) is 31.3 Å². The van der Waals surface area contributed by atoms with Gasteiger partial charge in [0.1, 0.15) is 5.69 Å². The average molecular weight is 272 g/mol. The number of aromatic nitrogens is 2. The van der Waals surface area contributed by atoms with Crippen molar-refractivity contribution in [1.29, 1.82) is 0 Å². The maximum atomic E-state index is 12.0. The number of carbonyl (C=O) groups is 1. The van der Waals surface area contributed by atoms with Crippen LogP contribution in [-0.2, 0) is 12.5 Å². The quantitative estimate of drug-likeness (QED) is 0.893. The van der Waals surface area contributed by atoms with E-state index in [1.165, 1.54) is 0 Å². The summed E-state index contributed by atoms with van der Waals surface area (Å²) in [4.78, 5) is 16.0. The molecule has 1 amide bonds. The fourth-order valence-corrected chi connectivity index (χ4v) is 1.85. The molecule has 0 aliphatic carbocycles. The zero-order chi connectivity index (χ0) is 14.8. The van der Waals surface area contributed by atoms with Crippen molar-refractivity contribution >= 4 is 11.6 Å². The highest BCUT2D eigenvalue weighted by atomic mass is 16.1. The van der Waals surface area contributed by atoms with Gasteiger partial charge in [-0.2, -0.15) is 0 Å². The lowest BCUT2D eigenvalue weighted by atomic mass is 9.85. The Morgan fingerprint density at radius 2 is 2.00 bits per heavy atom. The first-order valence-corrected chi connectivity index (χ1v) is 6.52. The van der Waals surface area contributed by atoms with E-state index in [0.717, 1.165) is 11.3 Å². The number of nitrogens with one attached hydrogen (secondary N) is 1. The van der Waals surface area contributed by atoms with Crippen molar-refractivity contribution in [2.45, 2.75) is 19.3 Å². The van der Waals surface area contributed by atoms with E-state index >= 15 is 0 Å². The molecule has 0 radical (unpaired) electrons. The number of amides is 1. The Labute approximate surface area is 118 Å². The summed E-state index contributed by atoms with van der Waals surface area (Å²) in [6, 6.07) is 7.74. The van der Waals surface area contributed by atoms with E-state index in [4.69, 9.17) is 5.73 Å². The lowest BCUT2D eigenvalue weighted by Gasteiger charge is -2.23. The van der Waals surface area contributed by atoms with Gasteiger partial charge in [-0.15, -0.1) is 0 Å². The predicted octanol–water partition coefficient (Wildman–Crippen LogP) is 1.91. The average Bonchev–Trinajstić information content (AvgIpc) is 2.86. The molecular formula is C15H20N4O. The second-order valence-corrected chi connectivity index (χ2v) is 5.54. The summed E-state index contributed by atoms with van der Waals surface area (Å²) >= 11 is 0. The summed E-state index contributed by atoms with van der Waals surface area (Å²) < 4.78 is 1.74. The minimum Gasteiger partial charge on any atom is -0.340 e. The van der Waals surface area contributed by atoms with Crippen LogP contribution in [-0.4, -0.2) is 22.0 Å². The van der Waals surface area contributed by atoms with Crippen molar-refractivity contribution < 1.29 is 4.79 Å². The second-order valence-electron chi connectivity index (χ2n) is 5.54. The number of benzene rings is 1. The van der Waals surface area contributed by atoms with E-state index in [9.17, 15) is 4.79 Å². The number of hydrogen-bond acceptors (Lipinski definition) is 3. The second kappa shape index (κ2) is 5.46. The van der Waals surface area contributed by atoms with E-state index in [2.05, 4.69) is 24.1 Å². The molecular weight excluding hydrogens is 252 g/mol. The molecule has 0 aliphatic heterocycles. The highest BCUT2D eigenvalue weighted by molar-refractivity contribution is 6.02. The maximum absolute atomic E-state index is 12.0. The number of hydrogen-bond donors (Lipinski definition) is 2. The molecule has 0 saturated carbocycles. The first kappa shape index (κ1) is 14.3. The third-order valence-electron chi connectivity index (χ3n) is 3.37. The molecule has 106 valence electrons. The maximum Gasteiger partial charge on any atom is 0.275 e. The Hall–Kier alpha value is -2.14. The molecule has 0 saturated heterocycles. The molecule has 0 spiro atoms. The highest BCUT2D eigenvalue weighted by Crippen LogP contribution is 2.23. The van der Waals surface area contributed by atoms with Gasteiger partial charge in [-0.25, -0.2) is 4.98 Å². The lowest BCUT2D eigenvalue weighted by molar-refractivity contribution is 0.102. The normalized spacial score (nSPS) is 11.4. The lowest BCUT2D eigenvalue weighted by Crippen LogP contribution is -2.27. The standard InChI is InChI=1S/C15H20N4O/c1-15(2,9-16)11-4-6-12(7-5-11)18-14(20)13-8-19(3)10-17-13/h4-8,10H,9,16H2,1-3H3,(H,18,20). The zero-order valence-electron chi connectivity index (χ0n) is 12.1. The largest absolute Gasteiger partial charge is 0.340 e. The Balaban J connectivity index is 2.10. The minimum atomic E-state index is -0.212. The molecule has 2 aromatic rings. The van der Waals surface area contributed by atoms with E-state index < -0.39 is 0 Å². The smallest absolute Gasteiger partial charge is 0.275 e. The zero-order valence-corrected chi connectivity index (χ0v) is 12.1. The van der Waals surface area contributed by atoms with Gasteiger partial charge in [-0.1, -0.05) is 26.0 Å². The number of aryl methyl sites for hydroxylation is 1. The first-order chi connectivity index (χ1) is 9.42. The summed E-state index contributed by atoms with van der Waals surface area (Å²) in [5.41, 5.74) is 7.99. The predicted molar refractivity (Wildman–Crippen MR) is 79.7 cm³/mol.